The molecule has 6 N–H and O–H groups in total. The molecule has 0 aliphatic carbocycles. The van der Waals surface area contributed by atoms with Crippen LogP contribution in [0.3, 0.4) is 0 Å². The van der Waals surface area contributed by atoms with Crippen LogP contribution in [0.5, 0.6) is 5.75 Å². The second-order valence-electron chi connectivity index (χ2n) is 12.5. The number of H-pyrrole nitrogens is 1. The summed E-state index contributed by atoms with van der Waals surface area (Å²) in [6, 6.07) is 14.0. The summed E-state index contributed by atoms with van der Waals surface area (Å²) in [5, 5.41) is 30.0. The summed E-state index contributed by atoms with van der Waals surface area (Å²) < 4.78 is 2.01. The number of carbonyl (C=O) groups excluding carboxylic acids is 1. The van der Waals surface area contributed by atoms with Gasteiger partial charge in [0.05, 0.1) is 22.5 Å². The first-order chi connectivity index (χ1) is 24.0. The van der Waals surface area contributed by atoms with Crippen molar-refractivity contribution in [3.05, 3.63) is 97.1 Å². The Bertz CT molecular complexity index is 2220. The second kappa shape index (κ2) is 14.3. The fraction of sp³-hybridized carbons (Fsp3) is 0.265. The first kappa shape index (κ1) is 34.0. The first-order valence-corrected chi connectivity index (χ1v) is 16.8. The van der Waals surface area contributed by atoms with Crippen LogP contribution in [-0.4, -0.2) is 53.5 Å². The second-order valence-corrected chi connectivity index (χ2v) is 13.6. The van der Waals surface area contributed by atoms with Crippen molar-refractivity contribution in [1.29, 1.82) is 0 Å². The highest BCUT2D eigenvalue weighted by atomic mass is 32.1. The van der Waals surface area contributed by atoms with Crippen molar-refractivity contribution < 1.29 is 14.8 Å². The molecular weight excluding hydrogens is 661 g/mol. The Hall–Kier alpha value is -5.87. The molecule has 258 valence electrons. The molecule has 0 aliphatic rings. The number of hydrogen-bond donors (Lipinski definition) is 6. The summed E-state index contributed by atoms with van der Waals surface area (Å²) in [6.45, 7) is 7.86. The van der Waals surface area contributed by atoms with Gasteiger partial charge in [0.25, 0.3) is 11.6 Å². The monoisotopic (exact) mass is 696 g/mol. The lowest BCUT2D eigenvalue weighted by molar-refractivity contribution is -0.384. The maximum Gasteiger partial charge on any atom is 0.269 e. The van der Waals surface area contributed by atoms with E-state index in [1.54, 1.807) is 23.7 Å². The molecule has 2 aromatic carbocycles. The molecule has 4 aromatic heterocycles. The largest absolute Gasteiger partial charge is 0.503 e. The average Bonchev–Trinajstić information content (AvgIpc) is 3.78. The van der Waals surface area contributed by atoms with Gasteiger partial charge in [-0.05, 0) is 75.4 Å². The molecule has 0 spiro atoms. The van der Waals surface area contributed by atoms with Crippen LogP contribution in [-0.2, 0) is 12.1 Å². The Labute approximate surface area is 289 Å². The van der Waals surface area contributed by atoms with E-state index in [4.69, 9.17) is 4.98 Å². The Balaban J connectivity index is 1.06. The minimum absolute atomic E-state index is 0.103. The van der Waals surface area contributed by atoms with Gasteiger partial charge in [-0.2, -0.15) is 9.97 Å². The number of nitro groups is 1. The fourth-order valence-electron chi connectivity index (χ4n) is 5.32. The van der Waals surface area contributed by atoms with Gasteiger partial charge < -0.3 is 30.7 Å². The molecule has 4 heterocycles. The molecule has 15 nitrogen and oxygen atoms in total. The van der Waals surface area contributed by atoms with Gasteiger partial charge in [-0.3, -0.25) is 19.7 Å². The lowest BCUT2D eigenvalue weighted by Crippen LogP contribution is -2.25. The van der Waals surface area contributed by atoms with Crippen molar-refractivity contribution in [2.75, 3.05) is 23.8 Å². The number of nitrogens with zero attached hydrogens (tertiary/aromatic N) is 5. The van der Waals surface area contributed by atoms with Gasteiger partial charge in [-0.25, -0.2) is 10.4 Å². The van der Waals surface area contributed by atoms with Crippen LogP contribution in [0.25, 0.3) is 33.3 Å². The van der Waals surface area contributed by atoms with Crippen LogP contribution in [0.4, 0.5) is 17.5 Å². The van der Waals surface area contributed by atoms with E-state index < -0.39 is 16.1 Å². The number of imidazole rings is 1. The van der Waals surface area contributed by atoms with Crippen molar-refractivity contribution >= 4 is 56.8 Å². The summed E-state index contributed by atoms with van der Waals surface area (Å²) >= 11 is 1.66. The van der Waals surface area contributed by atoms with Crippen molar-refractivity contribution in [2.24, 2.45) is 0 Å². The van der Waals surface area contributed by atoms with Gasteiger partial charge in [-0.1, -0.05) is 6.07 Å². The van der Waals surface area contributed by atoms with Crippen LogP contribution in [0.15, 0.2) is 71.1 Å². The Morgan fingerprint density at radius 2 is 1.86 bits per heavy atom. The smallest absolute Gasteiger partial charge is 0.269 e. The van der Waals surface area contributed by atoms with E-state index >= 15 is 0 Å². The zero-order valence-electron chi connectivity index (χ0n) is 27.6. The number of nitrogens with one attached hydrogen (secondary N) is 5. The van der Waals surface area contributed by atoms with Crippen LogP contribution in [0.1, 0.15) is 48.8 Å². The number of nitro benzene ring substituents is 1. The van der Waals surface area contributed by atoms with Crippen molar-refractivity contribution in [3.8, 4) is 17.0 Å². The Morgan fingerprint density at radius 3 is 2.58 bits per heavy atom. The topological polar surface area (TPSA) is 205 Å². The summed E-state index contributed by atoms with van der Waals surface area (Å²) in [5.41, 5.74) is 7.96. The van der Waals surface area contributed by atoms with Gasteiger partial charge >= 0.3 is 0 Å². The number of rotatable bonds is 13. The lowest BCUT2D eigenvalue weighted by Gasteiger charge is -2.21. The van der Waals surface area contributed by atoms with E-state index in [-0.39, 0.29) is 28.2 Å². The zero-order valence-corrected chi connectivity index (χ0v) is 28.4. The summed E-state index contributed by atoms with van der Waals surface area (Å²) in [6.07, 6.45) is 3.17. The highest BCUT2D eigenvalue weighted by Gasteiger charge is 2.21. The SMILES string of the molecule is CC(C)(C)n1cnc2c(NNCc3cccs3)nc(NCCCCNC(=O)c3ccc4c(=O)c(O)c(-c5ccc([N+](=O)[O-])cc5)[nH]c4c3)nc21. The number of non-ortho nitro benzene ring substituents is 1. The van der Waals surface area contributed by atoms with E-state index in [1.807, 2.05) is 16.0 Å². The lowest BCUT2D eigenvalue weighted by atomic mass is 10.1. The standard InChI is InChI=1S/C34H36N10O5S/c1-34(2,3)43-19-37-27-30(42-38-18-23-7-6-16-50-23)40-33(41-31(27)43)36-15-5-4-14-35-32(47)21-10-13-24-25(17-21)39-26(29(46)28(24)45)20-8-11-22(12-9-20)44(48)49/h6-13,16-17,19,38,46H,4-5,14-15,18H2,1-3H3,(H,35,47)(H,39,45)(H2,36,40,41,42). The van der Waals surface area contributed by atoms with Crippen LogP contribution in [0, 0.1) is 10.1 Å². The van der Waals surface area contributed by atoms with E-state index in [0.29, 0.717) is 65.6 Å². The number of amides is 1. The molecule has 0 bridgehead atoms. The van der Waals surface area contributed by atoms with Crippen LogP contribution >= 0.6 is 11.3 Å². The third-order valence-electron chi connectivity index (χ3n) is 7.95. The predicted molar refractivity (Wildman–Crippen MR) is 193 cm³/mol. The number of anilines is 2. The molecule has 0 saturated carbocycles. The van der Waals surface area contributed by atoms with Crippen molar-refractivity contribution in [2.45, 2.75) is 45.7 Å². The molecular formula is C34H36N10O5S. The molecule has 0 fully saturated rings. The minimum Gasteiger partial charge on any atom is -0.503 e. The number of aromatic nitrogens is 5. The summed E-state index contributed by atoms with van der Waals surface area (Å²) in [4.78, 5) is 54.5. The van der Waals surface area contributed by atoms with E-state index in [1.165, 1.54) is 41.3 Å². The zero-order chi connectivity index (χ0) is 35.4. The Morgan fingerprint density at radius 1 is 1.08 bits per heavy atom. The maximum atomic E-state index is 13.0. The molecule has 0 atom stereocenters. The first-order valence-electron chi connectivity index (χ1n) is 15.9. The number of aromatic hydroxyl groups is 1. The molecule has 0 radical (unpaired) electrons. The normalized spacial score (nSPS) is 11.6. The van der Waals surface area contributed by atoms with Gasteiger partial charge in [0, 0.05) is 58.7 Å². The molecule has 0 saturated heterocycles. The van der Waals surface area contributed by atoms with Crippen molar-refractivity contribution in [3.63, 3.8) is 0 Å². The van der Waals surface area contributed by atoms with E-state index in [9.17, 15) is 24.8 Å². The summed E-state index contributed by atoms with van der Waals surface area (Å²) in [7, 11) is 0. The Kier molecular flexibility index (Phi) is 9.74. The molecule has 6 aromatic rings. The van der Waals surface area contributed by atoms with Gasteiger partial charge in [-0.15, -0.1) is 11.3 Å². The number of thiophene rings is 1. The molecule has 1 amide bonds. The number of aromatic amines is 1. The number of unbranched alkanes of at least 4 members (excludes halogenated alkanes) is 1. The van der Waals surface area contributed by atoms with Crippen LogP contribution < -0.4 is 26.9 Å². The van der Waals surface area contributed by atoms with Crippen molar-refractivity contribution in [1.82, 2.24) is 35.2 Å². The van der Waals surface area contributed by atoms with E-state index in [0.717, 1.165) is 6.42 Å². The molecule has 6 rings (SSSR count). The van der Waals surface area contributed by atoms with Crippen LogP contribution in [0.2, 0.25) is 0 Å². The van der Waals surface area contributed by atoms with Gasteiger partial charge in [0.1, 0.15) is 0 Å². The number of fused-ring (bicyclic) bond motifs is 2. The highest BCUT2D eigenvalue weighted by Crippen LogP contribution is 2.29. The number of benzene rings is 2. The third kappa shape index (κ3) is 7.40. The third-order valence-corrected chi connectivity index (χ3v) is 8.82. The number of hydrazine groups is 1. The predicted octanol–water partition coefficient (Wildman–Crippen LogP) is 5.50. The molecule has 0 unspecified atom stereocenters. The number of pyridine rings is 1. The van der Waals surface area contributed by atoms with Gasteiger partial charge in [0.2, 0.25) is 11.4 Å². The maximum absolute atomic E-state index is 13.0. The summed E-state index contributed by atoms with van der Waals surface area (Å²) in [5.74, 6) is 0.189. The number of carbonyl (C=O) groups is 1. The van der Waals surface area contributed by atoms with E-state index in [2.05, 4.69) is 63.3 Å². The highest BCUT2D eigenvalue weighted by molar-refractivity contribution is 7.09. The average molecular weight is 697 g/mol. The molecule has 16 heteroatoms. The fourth-order valence-corrected chi connectivity index (χ4v) is 5.96. The molecule has 0 aliphatic heterocycles. The minimum atomic E-state index is -0.616. The number of hydrogen-bond acceptors (Lipinski definition) is 12. The molecule has 50 heavy (non-hydrogen) atoms. The van der Waals surface area contributed by atoms with Gasteiger partial charge in [0.15, 0.2) is 22.7 Å². The quantitative estimate of drug-likeness (QED) is 0.0505.